The van der Waals surface area contributed by atoms with Crippen LogP contribution in [0.4, 0.5) is 10.2 Å². The lowest BCUT2D eigenvalue weighted by Gasteiger charge is -2.06. The summed E-state index contributed by atoms with van der Waals surface area (Å²) in [5.74, 6) is -0.529. The van der Waals surface area contributed by atoms with E-state index in [2.05, 4.69) is 9.82 Å². The van der Waals surface area contributed by atoms with Gasteiger partial charge in [-0.15, -0.1) is 0 Å². The van der Waals surface area contributed by atoms with E-state index >= 15 is 0 Å². The van der Waals surface area contributed by atoms with Gasteiger partial charge in [0.15, 0.2) is 5.82 Å². The SMILES string of the molecule is O=S(=O)(Cc1ccccc1)Nc1nn(Cc2ccccc2F)cc1Cl. The minimum absolute atomic E-state index is 0.0222. The number of hydrogen-bond acceptors (Lipinski definition) is 3. The molecule has 0 radical (unpaired) electrons. The Morgan fingerprint density at radius 2 is 1.76 bits per heavy atom. The zero-order chi connectivity index (χ0) is 17.9. The summed E-state index contributed by atoms with van der Waals surface area (Å²) in [5, 5.41) is 4.25. The minimum atomic E-state index is -3.66. The number of sulfonamides is 1. The summed E-state index contributed by atoms with van der Waals surface area (Å²) >= 11 is 6.06. The highest BCUT2D eigenvalue weighted by Crippen LogP contribution is 2.22. The Balaban J connectivity index is 1.75. The van der Waals surface area contributed by atoms with Gasteiger partial charge in [-0.05, 0) is 11.6 Å². The van der Waals surface area contributed by atoms with Crippen LogP contribution >= 0.6 is 11.6 Å². The fourth-order valence-electron chi connectivity index (χ4n) is 2.33. The first kappa shape index (κ1) is 17.4. The Labute approximate surface area is 150 Å². The molecule has 25 heavy (non-hydrogen) atoms. The van der Waals surface area contributed by atoms with Crippen molar-refractivity contribution < 1.29 is 12.8 Å². The van der Waals surface area contributed by atoms with Crippen molar-refractivity contribution in [2.75, 3.05) is 4.72 Å². The van der Waals surface area contributed by atoms with E-state index in [4.69, 9.17) is 11.6 Å². The third-order valence-electron chi connectivity index (χ3n) is 3.46. The maximum Gasteiger partial charge on any atom is 0.238 e. The molecule has 3 aromatic rings. The largest absolute Gasteiger partial charge is 0.265 e. The molecule has 3 rings (SSSR count). The lowest BCUT2D eigenvalue weighted by atomic mass is 10.2. The summed E-state index contributed by atoms with van der Waals surface area (Å²) in [5.41, 5.74) is 1.08. The zero-order valence-electron chi connectivity index (χ0n) is 13.1. The molecule has 0 aliphatic rings. The van der Waals surface area contributed by atoms with Gasteiger partial charge in [0.1, 0.15) is 10.8 Å². The number of nitrogens with zero attached hydrogens (tertiary/aromatic N) is 2. The molecule has 0 saturated carbocycles. The molecule has 1 heterocycles. The van der Waals surface area contributed by atoms with Gasteiger partial charge in [-0.2, -0.15) is 5.10 Å². The van der Waals surface area contributed by atoms with Crippen LogP contribution < -0.4 is 4.72 Å². The third kappa shape index (κ3) is 4.58. The molecule has 0 bridgehead atoms. The predicted molar refractivity (Wildman–Crippen MR) is 95.4 cm³/mol. The maximum atomic E-state index is 13.7. The Hall–Kier alpha value is -2.38. The highest BCUT2D eigenvalue weighted by molar-refractivity contribution is 7.91. The van der Waals surface area contributed by atoms with Crippen molar-refractivity contribution in [3.63, 3.8) is 0 Å². The van der Waals surface area contributed by atoms with E-state index in [1.54, 1.807) is 42.5 Å². The Morgan fingerprint density at radius 1 is 1.08 bits per heavy atom. The molecular formula is C17H15ClFN3O2S. The molecule has 5 nitrogen and oxygen atoms in total. The maximum absolute atomic E-state index is 13.7. The van der Waals surface area contributed by atoms with Crippen LogP contribution in [0.25, 0.3) is 0 Å². The molecule has 0 amide bonds. The van der Waals surface area contributed by atoms with E-state index in [0.29, 0.717) is 11.1 Å². The molecule has 0 fully saturated rings. The molecular weight excluding hydrogens is 365 g/mol. The number of aromatic nitrogens is 2. The Morgan fingerprint density at radius 3 is 2.48 bits per heavy atom. The van der Waals surface area contributed by atoms with Crippen molar-refractivity contribution >= 4 is 27.4 Å². The summed E-state index contributed by atoms with van der Waals surface area (Å²) in [6, 6.07) is 15.1. The summed E-state index contributed by atoms with van der Waals surface area (Å²) in [7, 11) is -3.66. The average Bonchev–Trinajstić information content (AvgIpc) is 2.89. The lowest BCUT2D eigenvalue weighted by molar-refractivity contribution is 0.585. The van der Waals surface area contributed by atoms with E-state index in [1.807, 2.05) is 6.07 Å². The van der Waals surface area contributed by atoms with Crippen LogP contribution in [0.5, 0.6) is 0 Å². The minimum Gasteiger partial charge on any atom is -0.265 e. The first-order valence-corrected chi connectivity index (χ1v) is 9.47. The van der Waals surface area contributed by atoms with Gasteiger partial charge in [-0.1, -0.05) is 60.1 Å². The molecule has 0 atom stereocenters. The third-order valence-corrected chi connectivity index (χ3v) is 4.95. The van der Waals surface area contributed by atoms with Crippen molar-refractivity contribution in [2.45, 2.75) is 12.3 Å². The first-order valence-electron chi connectivity index (χ1n) is 7.44. The number of rotatable bonds is 6. The quantitative estimate of drug-likeness (QED) is 0.710. The molecule has 0 unspecified atom stereocenters. The number of benzene rings is 2. The number of halogens is 2. The summed E-state index contributed by atoms with van der Waals surface area (Å²) in [6.45, 7) is 0.146. The first-order chi connectivity index (χ1) is 11.9. The van der Waals surface area contributed by atoms with Crippen molar-refractivity contribution in [1.82, 2.24) is 9.78 Å². The van der Waals surface area contributed by atoms with Gasteiger partial charge < -0.3 is 0 Å². The van der Waals surface area contributed by atoms with Crippen molar-refractivity contribution in [2.24, 2.45) is 0 Å². The second-order valence-electron chi connectivity index (χ2n) is 5.46. The van der Waals surface area contributed by atoms with Crippen LogP contribution in [-0.4, -0.2) is 18.2 Å². The van der Waals surface area contributed by atoms with Gasteiger partial charge in [0.05, 0.1) is 12.3 Å². The van der Waals surface area contributed by atoms with Gasteiger partial charge in [0, 0.05) is 11.8 Å². The van der Waals surface area contributed by atoms with Gasteiger partial charge in [0.25, 0.3) is 0 Å². The summed E-state index contributed by atoms with van der Waals surface area (Å²) in [4.78, 5) is 0. The van der Waals surface area contributed by atoms with Crippen LogP contribution in [0.15, 0.2) is 60.8 Å². The van der Waals surface area contributed by atoms with E-state index in [0.717, 1.165) is 0 Å². The zero-order valence-corrected chi connectivity index (χ0v) is 14.6. The van der Waals surface area contributed by atoms with Crippen molar-refractivity contribution in [1.29, 1.82) is 0 Å². The van der Waals surface area contributed by atoms with Crippen LogP contribution in [0.3, 0.4) is 0 Å². The fraction of sp³-hybridized carbons (Fsp3) is 0.118. The topological polar surface area (TPSA) is 64.0 Å². The predicted octanol–water partition coefficient (Wildman–Crippen LogP) is 3.67. The van der Waals surface area contributed by atoms with Crippen molar-refractivity contribution in [3.05, 3.63) is 82.8 Å². The van der Waals surface area contributed by atoms with Gasteiger partial charge in [-0.3, -0.25) is 9.40 Å². The molecule has 1 N–H and O–H groups in total. The van der Waals surface area contributed by atoms with Crippen LogP contribution in [-0.2, 0) is 22.3 Å². The Bertz CT molecular complexity index is 975. The van der Waals surface area contributed by atoms with E-state index < -0.39 is 10.0 Å². The highest BCUT2D eigenvalue weighted by atomic mass is 35.5. The lowest BCUT2D eigenvalue weighted by Crippen LogP contribution is -2.16. The van der Waals surface area contributed by atoms with E-state index in [1.165, 1.54) is 16.9 Å². The van der Waals surface area contributed by atoms with Crippen LogP contribution in [0.1, 0.15) is 11.1 Å². The van der Waals surface area contributed by atoms with Crippen LogP contribution in [0, 0.1) is 5.82 Å². The number of hydrogen-bond donors (Lipinski definition) is 1. The van der Waals surface area contributed by atoms with Gasteiger partial charge in [-0.25, -0.2) is 12.8 Å². The normalized spacial score (nSPS) is 11.4. The summed E-state index contributed by atoms with van der Waals surface area (Å²) < 4.78 is 42.0. The molecule has 8 heteroatoms. The fourth-order valence-corrected chi connectivity index (χ4v) is 3.73. The molecule has 0 aliphatic heterocycles. The standard InChI is InChI=1S/C17H15ClFN3O2S/c18-15-11-22(10-14-8-4-5-9-16(14)19)20-17(15)21-25(23,24)12-13-6-2-1-3-7-13/h1-9,11H,10,12H2,(H,20,21). The number of nitrogens with one attached hydrogen (secondary N) is 1. The number of anilines is 1. The van der Waals surface area contributed by atoms with Gasteiger partial charge >= 0.3 is 0 Å². The van der Waals surface area contributed by atoms with E-state index in [9.17, 15) is 12.8 Å². The van der Waals surface area contributed by atoms with Crippen molar-refractivity contribution in [3.8, 4) is 0 Å². The molecule has 0 spiro atoms. The monoisotopic (exact) mass is 379 g/mol. The average molecular weight is 380 g/mol. The summed E-state index contributed by atoms with van der Waals surface area (Å²) in [6.07, 6.45) is 1.45. The molecule has 2 aromatic carbocycles. The second kappa shape index (κ2) is 7.25. The van der Waals surface area contributed by atoms with Crippen LogP contribution in [0.2, 0.25) is 5.02 Å². The molecule has 0 saturated heterocycles. The molecule has 0 aliphatic carbocycles. The molecule has 1 aromatic heterocycles. The van der Waals surface area contributed by atoms with E-state index in [-0.39, 0.29) is 29.0 Å². The van der Waals surface area contributed by atoms with Gasteiger partial charge in [0.2, 0.25) is 10.0 Å². The second-order valence-corrected chi connectivity index (χ2v) is 7.59. The smallest absolute Gasteiger partial charge is 0.238 e. The Kier molecular flexibility index (Phi) is 5.06. The highest BCUT2D eigenvalue weighted by Gasteiger charge is 2.17. The molecule has 130 valence electrons.